The molecule has 2 aromatic rings. The second kappa shape index (κ2) is 19.2. The van der Waals surface area contributed by atoms with Gasteiger partial charge in [-0.2, -0.15) is 0 Å². The molecule has 3 rings (SSSR count). The topological polar surface area (TPSA) is 65.9 Å². The van der Waals surface area contributed by atoms with E-state index >= 15 is 0 Å². The van der Waals surface area contributed by atoms with Crippen LogP contribution in [-0.2, 0) is 11.2 Å². The number of nitrogens with two attached hydrogens (primary N) is 1. The smallest absolute Gasteiger partial charge is 0.310 e. The molecular formula is C30H49N2O2+. The molecule has 190 valence electrons. The van der Waals surface area contributed by atoms with Crippen molar-refractivity contribution in [3.05, 3.63) is 71.3 Å². The van der Waals surface area contributed by atoms with E-state index in [4.69, 9.17) is 5.11 Å². The van der Waals surface area contributed by atoms with Gasteiger partial charge in [0, 0.05) is 6.42 Å². The lowest BCUT2D eigenvalue weighted by atomic mass is 10.00. The molecule has 1 aliphatic rings. The second-order valence-corrected chi connectivity index (χ2v) is 9.35. The fourth-order valence-corrected chi connectivity index (χ4v) is 3.90. The van der Waals surface area contributed by atoms with Crippen LogP contribution in [0.4, 0.5) is 0 Å². The molecule has 0 spiro atoms. The number of carboxylic acids is 1. The molecule has 1 aliphatic heterocycles. The number of carboxylic acid groups (broad SMARTS) is 1. The van der Waals surface area contributed by atoms with Crippen molar-refractivity contribution >= 4 is 5.97 Å². The van der Waals surface area contributed by atoms with Crippen molar-refractivity contribution in [3.8, 4) is 0 Å². The third-order valence-corrected chi connectivity index (χ3v) is 6.57. The first-order valence-electron chi connectivity index (χ1n) is 13.3. The monoisotopic (exact) mass is 469 g/mol. The Kier molecular flexibility index (Phi) is 16.8. The number of aryl methyl sites for hydroxylation is 1. The van der Waals surface area contributed by atoms with Crippen LogP contribution in [0.5, 0.6) is 0 Å². The number of hydrogen-bond acceptors (Lipinski definition) is 2. The Bertz CT molecular complexity index is 727. The highest BCUT2D eigenvalue weighted by Gasteiger charge is 2.11. The van der Waals surface area contributed by atoms with Crippen LogP contribution in [0.25, 0.3) is 0 Å². The van der Waals surface area contributed by atoms with Gasteiger partial charge in [-0.3, -0.25) is 4.79 Å². The Morgan fingerprint density at radius 2 is 1.56 bits per heavy atom. The minimum atomic E-state index is -0.781. The predicted molar refractivity (Wildman–Crippen MR) is 144 cm³/mol. The van der Waals surface area contributed by atoms with Gasteiger partial charge in [-0.15, -0.1) is 0 Å². The van der Waals surface area contributed by atoms with Gasteiger partial charge in [-0.1, -0.05) is 93.3 Å². The molecule has 1 unspecified atom stereocenters. The summed E-state index contributed by atoms with van der Waals surface area (Å²) in [5.41, 5.74) is 3.67. The standard InChI is InChI=1S/C16H27N.C9H10O2.C5H11N/c1-4-15(5-2)10-12-17-13-11-16-8-6-14(3)7-9-16;1-7(9(10)11)8-5-3-2-4-6-8;1-2-4-6-5-3-1/h6-9,15,17H,4-5,10-13H2,1-3H3;2-7H,1H3,(H,10,11);6H,1-5H2/p+1. The number of nitrogens with one attached hydrogen (secondary N) is 1. The largest absolute Gasteiger partial charge is 0.481 e. The molecule has 4 N–H and O–H groups in total. The summed E-state index contributed by atoms with van der Waals surface area (Å²) in [5, 5.41) is 14.4. The van der Waals surface area contributed by atoms with Crippen LogP contribution >= 0.6 is 0 Å². The van der Waals surface area contributed by atoms with E-state index in [0.29, 0.717) is 0 Å². The quantitative estimate of drug-likeness (QED) is 0.399. The molecule has 1 heterocycles. The fraction of sp³-hybridized carbons (Fsp3) is 0.567. The van der Waals surface area contributed by atoms with Crippen LogP contribution in [0.1, 0.15) is 81.9 Å². The lowest BCUT2D eigenvalue weighted by Crippen LogP contribution is -2.84. The number of piperidine rings is 1. The van der Waals surface area contributed by atoms with E-state index in [1.54, 1.807) is 6.92 Å². The molecule has 1 atom stereocenters. The van der Waals surface area contributed by atoms with Gasteiger partial charge >= 0.3 is 5.97 Å². The molecule has 4 nitrogen and oxygen atoms in total. The maximum Gasteiger partial charge on any atom is 0.310 e. The zero-order valence-corrected chi connectivity index (χ0v) is 22.1. The van der Waals surface area contributed by atoms with E-state index in [-0.39, 0.29) is 0 Å². The third-order valence-electron chi connectivity index (χ3n) is 6.57. The summed E-state index contributed by atoms with van der Waals surface area (Å²) in [4.78, 5) is 10.5. The van der Waals surface area contributed by atoms with Gasteiger partial charge in [0.15, 0.2) is 0 Å². The molecule has 0 aliphatic carbocycles. The summed E-state index contributed by atoms with van der Waals surface area (Å²) in [5.74, 6) is -0.252. The molecular weight excluding hydrogens is 420 g/mol. The summed E-state index contributed by atoms with van der Waals surface area (Å²) >= 11 is 0. The normalized spacial score (nSPS) is 13.8. The van der Waals surface area contributed by atoms with Gasteiger partial charge < -0.3 is 15.7 Å². The molecule has 0 bridgehead atoms. The average molecular weight is 470 g/mol. The van der Waals surface area contributed by atoms with Crippen molar-refractivity contribution in [1.29, 1.82) is 0 Å². The van der Waals surface area contributed by atoms with Crippen LogP contribution < -0.4 is 10.6 Å². The Labute approximate surface area is 208 Å². The van der Waals surface area contributed by atoms with Crippen LogP contribution in [0.15, 0.2) is 54.6 Å². The molecule has 1 saturated heterocycles. The maximum atomic E-state index is 10.5. The Balaban J connectivity index is 0.000000288. The number of rotatable bonds is 10. The maximum absolute atomic E-state index is 10.5. The number of benzene rings is 2. The zero-order chi connectivity index (χ0) is 25.0. The molecule has 0 radical (unpaired) electrons. The molecule has 1 fully saturated rings. The van der Waals surface area contributed by atoms with Crippen LogP contribution in [0.3, 0.4) is 0 Å². The van der Waals surface area contributed by atoms with E-state index in [2.05, 4.69) is 55.7 Å². The van der Waals surface area contributed by atoms with E-state index in [1.165, 1.54) is 82.3 Å². The summed E-state index contributed by atoms with van der Waals surface area (Å²) in [6, 6.07) is 18.1. The average Bonchev–Trinajstić information content (AvgIpc) is 2.89. The summed E-state index contributed by atoms with van der Waals surface area (Å²) in [6.45, 7) is 13.4. The molecule has 0 amide bonds. The number of carbonyl (C=O) groups is 1. The van der Waals surface area contributed by atoms with Crippen molar-refractivity contribution in [1.82, 2.24) is 5.32 Å². The zero-order valence-electron chi connectivity index (χ0n) is 22.1. The van der Waals surface area contributed by atoms with Crippen LogP contribution in [0, 0.1) is 12.8 Å². The fourth-order valence-electron chi connectivity index (χ4n) is 3.90. The predicted octanol–water partition coefficient (Wildman–Crippen LogP) is 5.56. The van der Waals surface area contributed by atoms with Crippen molar-refractivity contribution < 1.29 is 15.2 Å². The first-order valence-corrected chi connectivity index (χ1v) is 13.3. The van der Waals surface area contributed by atoms with Gasteiger partial charge in [0.2, 0.25) is 0 Å². The van der Waals surface area contributed by atoms with Gasteiger partial charge in [-0.25, -0.2) is 0 Å². The SMILES string of the molecule is C1CCNCC1.CC(C(=O)O)c1ccccc1.CCC(CC)CC[NH2+]CCc1ccc(C)cc1. The lowest BCUT2D eigenvalue weighted by molar-refractivity contribution is -0.655. The Morgan fingerprint density at radius 1 is 0.941 bits per heavy atom. The van der Waals surface area contributed by atoms with E-state index in [9.17, 15) is 4.79 Å². The van der Waals surface area contributed by atoms with E-state index in [1.807, 2.05) is 30.3 Å². The van der Waals surface area contributed by atoms with Crippen LogP contribution in [0.2, 0.25) is 0 Å². The summed E-state index contributed by atoms with van der Waals surface area (Å²) in [7, 11) is 0. The molecule has 2 aromatic carbocycles. The molecule has 4 heteroatoms. The van der Waals surface area contributed by atoms with Gasteiger partial charge in [0.25, 0.3) is 0 Å². The third kappa shape index (κ3) is 14.2. The van der Waals surface area contributed by atoms with Gasteiger partial charge in [0.05, 0.1) is 19.0 Å². The molecule has 0 aromatic heterocycles. The molecule has 0 saturated carbocycles. The highest BCUT2D eigenvalue weighted by atomic mass is 16.4. The van der Waals surface area contributed by atoms with Crippen molar-refractivity contribution in [2.24, 2.45) is 5.92 Å². The second-order valence-electron chi connectivity index (χ2n) is 9.35. The van der Waals surface area contributed by atoms with Crippen molar-refractivity contribution in [3.63, 3.8) is 0 Å². The highest BCUT2D eigenvalue weighted by molar-refractivity contribution is 5.75. The van der Waals surface area contributed by atoms with Crippen LogP contribution in [-0.4, -0.2) is 37.3 Å². The first kappa shape index (κ1) is 29.9. The lowest BCUT2D eigenvalue weighted by Gasteiger charge is -2.10. The molecule has 34 heavy (non-hydrogen) atoms. The van der Waals surface area contributed by atoms with E-state index < -0.39 is 11.9 Å². The van der Waals surface area contributed by atoms with Crippen molar-refractivity contribution in [2.75, 3.05) is 26.2 Å². The minimum absolute atomic E-state index is 0.406. The van der Waals surface area contributed by atoms with Gasteiger partial charge in [0.1, 0.15) is 0 Å². The number of aliphatic carboxylic acids is 1. The highest BCUT2D eigenvalue weighted by Crippen LogP contribution is 2.13. The van der Waals surface area contributed by atoms with E-state index in [0.717, 1.165) is 11.5 Å². The first-order chi connectivity index (χ1) is 16.5. The summed E-state index contributed by atoms with van der Waals surface area (Å²) in [6.07, 6.45) is 9.46. The Hall–Kier alpha value is -2.17. The van der Waals surface area contributed by atoms with Crippen molar-refractivity contribution in [2.45, 2.75) is 78.6 Å². The number of hydrogen-bond donors (Lipinski definition) is 3. The number of quaternary nitrogens is 1. The summed E-state index contributed by atoms with van der Waals surface area (Å²) < 4.78 is 0. The Morgan fingerprint density at radius 3 is 2.03 bits per heavy atom. The van der Waals surface area contributed by atoms with Gasteiger partial charge in [-0.05, 0) is 63.2 Å². The minimum Gasteiger partial charge on any atom is -0.481 e.